The number of aliphatic hydroxyl groups is 1. The average molecular weight is 369 g/mol. The lowest BCUT2D eigenvalue weighted by molar-refractivity contribution is -0.146. The van der Waals surface area contributed by atoms with Crippen LogP contribution in [-0.4, -0.2) is 40.3 Å². The molecule has 1 aliphatic rings. The maximum atomic E-state index is 12.0. The SMILES string of the molecule is CC(C)Oc1ccc(C(C(=O)O)N2CCC(O)(c3ccccc3)CC2)cc1. The molecule has 1 atom stereocenters. The Balaban J connectivity index is 1.73. The van der Waals surface area contributed by atoms with E-state index in [0.29, 0.717) is 25.9 Å². The second-order valence-corrected chi connectivity index (χ2v) is 7.41. The molecule has 2 N–H and O–H groups in total. The molecule has 2 aromatic carbocycles. The van der Waals surface area contributed by atoms with Crippen molar-refractivity contribution in [1.82, 2.24) is 4.90 Å². The molecule has 5 nitrogen and oxygen atoms in total. The highest BCUT2D eigenvalue weighted by Gasteiger charge is 2.38. The molecule has 1 unspecified atom stereocenters. The molecule has 27 heavy (non-hydrogen) atoms. The highest BCUT2D eigenvalue weighted by atomic mass is 16.5. The summed E-state index contributed by atoms with van der Waals surface area (Å²) in [5.41, 5.74) is 0.728. The first-order chi connectivity index (χ1) is 12.9. The van der Waals surface area contributed by atoms with Crippen LogP contribution in [0.3, 0.4) is 0 Å². The molecular formula is C22H27NO4. The third-order valence-electron chi connectivity index (χ3n) is 5.10. The third-order valence-corrected chi connectivity index (χ3v) is 5.10. The Hall–Kier alpha value is -2.37. The lowest BCUT2D eigenvalue weighted by atomic mass is 9.83. The van der Waals surface area contributed by atoms with Crippen LogP contribution in [0.1, 0.15) is 43.9 Å². The highest BCUT2D eigenvalue weighted by Crippen LogP contribution is 2.36. The fraction of sp³-hybridized carbons (Fsp3) is 0.409. The zero-order chi connectivity index (χ0) is 19.4. The molecule has 1 heterocycles. The Morgan fingerprint density at radius 3 is 2.15 bits per heavy atom. The molecule has 0 amide bonds. The van der Waals surface area contributed by atoms with Gasteiger partial charge in [0.2, 0.25) is 0 Å². The molecular weight excluding hydrogens is 342 g/mol. The van der Waals surface area contributed by atoms with Crippen molar-refractivity contribution in [3.63, 3.8) is 0 Å². The number of hydrogen-bond donors (Lipinski definition) is 2. The topological polar surface area (TPSA) is 70.0 Å². The number of carbonyl (C=O) groups is 1. The van der Waals surface area contributed by atoms with Crippen molar-refractivity contribution < 1.29 is 19.7 Å². The van der Waals surface area contributed by atoms with Crippen molar-refractivity contribution in [2.24, 2.45) is 0 Å². The number of hydrogen-bond acceptors (Lipinski definition) is 4. The molecule has 3 rings (SSSR count). The summed E-state index contributed by atoms with van der Waals surface area (Å²) in [5, 5.41) is 20.8. The number of aliphatic carboxylic acids is 1. The van der Waals surface area contributed by atoms with Crippen LogP contribution < -0.4 is 4.74 Å². The Kier molecular flexibility index (Phi) is 5.82. The Labute approximate surface area is 160 Å². The Morgan fingerprint density at radius 2 is 1.63 bits per heavy atom. The third kappa shape index (κ3) is 4.49. The molecule has 0 saturated carbocycles. The zero-order valence-electron chi connectivity index (χ0n) is 15.8. The van der Waals surface area contributed by atoms with Gasteiger partial charge in [0.05, 0.1) is 11.7 Å². The van der Waals surface area contributed by atoms with Gasteiger partial charge in [-0.25, -0.2) is 0 Å². The van der Waals surface area contributed by atoms with E-state index in [4.69, 9.17) is 4.74 Å². The normalized spacial score (nSPS) is 18.2. The first kappa shape index (κ1) is 19.4. The van der Waals surface area contributed by atoms with Crippen molar-refractivity contribution in [2.75, 3.05) is 13.1 Å². The van der Waals surface area contributed by atoms with Crippen LogP contribution in [0.4, 0.5) is 0 Å². The summed E-state index contributed by atoms with van der Waals surface area (Å²) in [7, 11) is 0. The minimum Gasteiger partial charge on any atom is -0.491 e. The molecule has 1 aliphatic heterocycles. The van der Waals surface area contributed by atoms with Crippen LogP contribution in [0, 0.1) is 0 Å². The number of nitrogens with zero attached hydrogens (tertiary/aromatic N) is 1. The fourth-order valence-corrected chi connectivity index (χ4v) is 3.70. The van der Waals surface area contributed by atoms with Gasteiger partial charge in [-0.3, -0.25) is 9.69 Å². The maximum absolute atomic E-state index is 12.0. The number of rotatable bonds is 6. The summed E-state index contributed by atoms with van der Waals surface area (Å²) in [5.74, 6) is -0.146. The molecule has 0 spiro atoms. The van der Waals surface area contributed by atoms with E-state index < -0.39 is 17.6 Å². The molecule has 2 aromatic rings. The molecule has 0 bridgehead atoms. The number of piperidine rings is 1. The molecule has 0 aliphatic carbocycles. The van der Waals surface area contributed by atoms with Crippen LogP contribution in [-0.2, 0) is 10.4 Å². The van der Waals surface area contributed by atoms with E-state index in [9.17, 15) is 15.0 Å². The zero-order valence-corrected chi connectivity index (χ0v) is 15.8. The van der Waals surface area contributed by atoms with E-state index >= 15 is 0 Å². The van der Waals surface area contributed by atoms with E-state index in [-0.39, 0.29) is 6.10 Å². The van der Waals surface area contributed by atoms with E-state index in [0.717, 1.165) is 16.9 Å². The van der Waals surface area contributed by atoms with E-state index in [1.165, 1.54) is 0 Å². The highest BCUT2D eigenvalue weighted by molar-refractivity contribution is 5.75. The number of benzene rings is 2. The summed E-state index contributed by atoms with van der Waals surface area (Å²) in [6.45, 7) is 4.95. The van der Waals surface area contributed by atoms with Crippen molar-refractivity contribution in [3.8, 4) is 5.75 Å². The Bertz CT molecular complexity index is 750. The van der Waals surface area contributed by atoms with Gasteiger partial charge in [-0.1, -0.05) is 42.5 Å². The Morgan fingerprint density at radius 1 is 1.04 bits per heavy atom. The fourth-order valence-electron chi connectivity index (χ4n) is 3.70. The average Bonchev–Trinajstić information content (AvgIpc) is 2.65. The number of carboxylic acids is 1. The minimum absolute atomic E-state index is 0.0730. The van der Waals surface area contributed by atoms with Crippen molar-refractivity contribution in [3.05, 3.63) is 65.7 Å². The molecule has 144 valence electrons. The first-order valence-corrected chi connectivity index (χ1v) is 9.40. The summed E-state index contributed by atoms with van der Waals surface area (Å²) in [4.78, 5) is 13.9. The minimum atomic E-state index is -0.893. The second kappa shape index (κ2) is 8.11. The lowest BCUT2D eigenvalue weighted by Crippen LogP contribution is -2.45. The van der Waals surface area contributed by atoms with E-state index in [2.05, 4.69) is 0 Å². The summed E-state index contributed by atoms with van der Waals surface area (Å²) in [6.07, 6.45) is 1.09. The summed E-state index contributed by atoms with van der Waals surface area (Å²) < 4.78 is 5.64. The number of carboxylic acid groups (broad SMARTS) is 1. The molecule has 1 fully saturated rings. The van der Waals surface area contributed by atoms with Crippen LogP contribution in [0.2, 0.25) is 0 Å². The maximum Gasteiger partial charge on any atom is 0.325 e. The van der Waals surface area contributed by atoms with Crippen LogP contribution >= 0.6 is 0 Å². The van der Waals surface area contributed by atoms with Gasteiger partial charge in [-0.15, -0.1) is 0 Å². The molecule has 0 radical (unpaired) electrons. The molecule has 1 saturated heterocycles. The monoisotopic (exact) mass is 369 g/mol. The van der Waals surface area contributed by atoms with Gasteiger partial charge in [-0.2, -0.15) is 0 Å². The van der Waals surface area contributed by atoms with Gasteiger partial charge in [0.25, 0.3) is 0 Å². The number of ether oxygens (including phenoxy) is 1. The molecule has 5 heteroatoms. The van der Waals surface area contributed by atoms with Gasteiger partial charge >= 0.3 is 5.97 Å². The second-order valence-electron chi connectivity index (χ2n) is 7.41. The largest absolute Gasteiger partial charge is 0.491 e. The predicted octanol–water partition coefficient (Wildman–Crippen LogP) is 3.58. The van der Waals surface area contributed by atoms with Crippen molar-refractivity contribution in [1.29, 1.82) is 0 Å². The van der Waals surface area contributed by atoms with Crippen molar-refractivity contribution in [2.45, 2.75) is 44.4 Å². The van der Waals surface area contributed by atoms with Crippen LogP contribution in [0.5, 0.6) is 5.75 Å². The summed E-state index contributed by atoms with van der Waals surface area (Å²) in [6, 6.07) is 16.2. The van der Waals surface area contributed by atoms with Crippen LogP contribution in [0.25, 0.3) is 0 Å². The van der Waals surface area contributed by atoms with Gasteiger partial charge in [0.1, 0.15) is 11.8 Å². The van der Waals surface area contributed by atoms with E-state index in [1.54, 1.807) is 0 Å². The number of likely N-dealkylation sites (tertiary alicyclic amines) is 1. The van der Waals surface area contributed by atoms with E-state index in [1.807, 2.05) is 73.3 Å². The smallest absolute Gasteiger partial charge is 0.325 e. The van der Waals surface area contributed by atoms with Gasteiger partial charge < -0.3 is 14.9 Å². The molecule has 0 aromatic heterocycles. The quantitative estimate of drug-likeness (QED) is 0.814. The predicted molar refractivity (Wildman–Crippen MR) is 104 cm³/mol. The lowest BCUT2D eigenvalue weighted by Gasteiger charge is -2.40. The summed E-state index contributed by atoms with van der Waals surface area (Å²) >= 11 is 0. The van der Waals surface area contributed by atoms with Gasteiger partial charge in [-0.05, 0) is 49.9 Å². The van der Waals surface area contributed by atoms with Crippen LogP contribution in [0.15, 0.2) is 54.6 Å². The first-order valence-electron chi connectivity index (χ1n) is 9.40. The van der Waals surface area contributed by atoms with Gasteiger partial charge in [0.15, 0.2) is 0 Å². The standard InChI is InChI=1S/C22H27NO4/c1-16(2)27-19-10-8-17(9-11-19)20(21(24)25)23-14-12-22(26,13-15-23)18-6-4-3-5-7-18/h3-11,16,20,26H,12-15H2,1-2H3,(H,24,25). The van der Waals surface area contributed by atoms with Gasteiger partial charge in [0, 0.05) is 13.1 Å². The van der Waals surface area contributed by atoms with Crippen molar-refractivity contribution >= 4 is 5.97 Å².